The van der Waals surface area contributed by atoms with Crippen LogP contribution in [-0.4, -0.2) is 55.0 Å². The van der Waals surface area contributed by atoms with Crippen LogP contribution >= 0.6 is 11.3 Å². The molecule has 34 heavy (non-hydrogen) atoms. The number of nitrogens with one attached hydrogen (secondary N) is 1. The molecule has 1 amide bonds. The Kier molecular flexibility index (Phi) is 6.01. The number of carbonyl (C=O) groups is 1. The van der Waals surface area contributed by atoms with Crippen molar-refractivity contribution in [2.45, 2.75) is 17.9 Å². The van der Waals surface area contributed by atoms with Crippen molar-refractivity contribution in [3.05, 3.63) is 72.4 Å². The number of sulfonamides is 1. The van der Waals surface area contributed by atoms with Crippen LogP contribution in [0.25, 0.3) is 10.9 Å². The Balaban J connectivity index is 1.21. The maximum Gasteiger partial charge on any atom is 0.263 e. The molecule has 1 aliphatic heterocycles. The predicted octanol–water partition coefficient (Wildman–Crippen LogP) is 3.81. The Morgan fingerprint density at radius 2 is 1.76 bits per heavy atom. The smallest absolute Gasteiger partial charge is 0.263 e. The van der Waals surface area contributed by atoms with Crippen LogP contribution in [0.2, 0.25) is 0 Å². The van der Waals surface area contributed by atoms with E-state index in [0.29, 0.717) is 31.3 Å². The zero-order valence-electron chi connectivity index (χ0n) is 18.7. The van der Waals surface area contributed by atoms with Crippen molar-refractivity contribution in [2.24, 2.45) is 0 Å². The molecule has 10 heteroatoms. The Bertz CT molecular complexity index is 1390. The topological polar surface area (TPSA) is 87.5 Å². The van der Waals surface area contributed by atoms with Gasteiger partial charge in [-0.25, -0.2) is 13.4 Å². The second kappa shape index (κ2) is 9.11. The highest BCUT2D eigenvalue weighted by Gasteiger charge is 2.26. The molecule has 1 fully saturated rings. The van der Waals surface area contributed by atoms with E-state index in [1.807, 2.05) is 65.1 Å². The average Bonchev–Trinajstić information content (AvgIpc) is 3.53. The van der Waals surface area contributed by atoms with E-state index in [2.05, 4.69) is 14.6 Å². The molecule has 2 aromatic heterocycles. The third-order valence-electron chi connectivity index (χ3n) is 6.16. The number of hydrogen-bond donors (Lipinski definition) is 1. The number of fused-ring (bicyclic) bond motifs is 1. The maximum atomic E-state index is 13.2. The molecule has 8 nitrogen and oxygen atoms in total. The summed E-state index contributed by atoms with van der Waals surface area (Å²) in [7, 11) is -3.67. The first-order chi connectivity index (χ1) is 16.4. The molecule has 0 bridgehead atoms. The van der Waals surface area contributed by atoms with Crippen molar-refractivity contribution in [2.75, 3.05) is 35.8 Å². The zero-order chi connectivity index (χ0) is 23.7. The largest absolute Gasteiger partial charge is 0.368 e. The van der Waals surface area contributed by atoms with Gasteiger partial charge in [0.05, 0.1) is 4.90 Å². The average molecular weight is 496 g/mol. The summed E-state index contributed by atoms with van der Waals surface area (Å²) in [5.74, 6) is 0.107. The van der Waals surface area contributed by atoms with Crippen molar-refractivity contribution in [3.8, 4) is 0 Å². The fraction of sp³-hybridized carbons (Fsp3) is 0.250. The highest BCUT2D eigenvalue weighted by atomic mass is 32.2. The molecular formula is C24H25N5O3S2. The lowest BCUT2D eigenvalue weighted by Gasteiger charge is -2.37. The van der Waals surface area contributed by atoms with E-state index in [1.54, 1.807) is 23.7 Å². The Labute approximate surface area is 202 Å². The first kappa shape index (κ1) is 22.4. The molecular weight excluding hydrogens is 470 g/mol. The van der Waals surface area contributed by atoms with Gasteiger partial charge in [-0.05, 0) is 48.7 Å². The van der Waals surface area contributed by atoms with Crippen molar-refractivity contribution in [3.63, 3.8) is 0 Å². The van der Waals surface area contributed by atoms with Crippen LogP contribution < -0.4 is 9.62 Å². The van der Waals surface area contributed by atoms with Crippen molar-refractivity contribution < 1.29 is 13.2 Å². The van der Waals surface area contributed by atoms with Gasteiger partial charge in [-0.3, -0.25) is 9.52 Å². The van der Waals surface area contributed by atoms with Gasteiger partial charge in [-0.2, -0.15) is 0 Å². The van der Waals surface area contributed by atoms with Gasteiger partial charge in [0.25, 0.3) is 10.0 Å². The molecule has 1 unspecified atom stereocenters. The SMILES string of the molecule is CC(C(=O)N1CCN(c2ccc(S(=O)(=O)Nc3nccs3)cc2)CC1)n1ccc2ccccc21. The van der Waals surface area contributed by atoms with E-state index in [4.69, 9.17) is 0 Å². The minimum Gasteiger partial charge on any atom is -0.368 e. The number of piperazine rings is 1. The molecule has 0 radical (unpaired) electrons. The Morgan fingerprint density at radius 1 is 1.03 bits per heavy atom. The van der Waals surface area contributed by atoms with Gasteiger partial charge in [-0.1, -0.05) is 18.2 Å². The zero-order valence-corrected chi connectivity index (χ0v) is 20.3. The van der Waals surface area contributed by atoms with Crippen LogP contribution in [-0.2, 0) is 14.8 Å². The quantitative estimate of drug-likeness (QED) is 0.440. The predicted molar refractivity (Wildman–Crippen MR) is 135 cm³/mol. The van der Waals surface area contributed by atoms with E-state index >= 15 is 0 Å². The second-order valence-corrected chi connectivity index (χ2v) is 10.8. The number of para-hydroxylation sites is 1. The molecule has 4 aromatic rings. The summed E-state index contributed by atoms with van der Waals surface area (Å²) < 4.78 is 29.6. The highest BCUT2D eigenvalue weighted by molar-refractivity contribution is 7.93. The molecule has 176 valence electrons. The lowest BCUT2D eigenvalue weighted by molar-refractivity contribution is -0.134. The molecule has 2 aromatic carbocycles. The van der Waals surface area contributed by atoms with E-state index < -0.39 is 10.0 Å². The number of rotatable bonds is 6. The van der Waals surface area contributed by atoms with Crippen molar-refractivity contribution in [1.82, 2.24) is 14.5 Å². The summed E-state index contributed by atoms with van der Waals surface area (Å²) in [5.41, 5.74) is 1.99. The third kappa shape index (κ3) is 4.38. The van der Waals surface area contributed by atoms with Crippen LogP contribution in [0.3, 0.4) is 0 Å². The minimum absolute atomic E-state index is 0.107. The van der Waals surface area contributed by atoms with E-state index in [1.165, 1.54) is 11.3 Å². The normalized spacial score (nSPS) is 15.4. The van der Waals surface area contributed by atoms with Gasteiger partial charge in [0.2, 0.25) is 5.91 Å². The summed E-state index contributed by atoms with van der Waals surface area (Å²) >= 11 is 1.23. The summed E-state index contributed by atoms with van der Waals surface area (Å²) in [6.45, 7) is 4.56. The van der Waals surface area contributed by atoms with Crippen molar-refractivity contribution >= 4 is 49.0 Å². The molecule has 0 saturated carbocycles. The molecule has 5 rings (SSSR count). The molecule has 1 aliphatic rings. The van der Waals surface area contributed by atoms with Gasteiger partial charge in [0.15, 0.2) is 5.13 Å². The number of hydrogen-bond acceptors (Lipinski definition) is 6. The molecule has 1 atom stereocenters. The lowest BCUT2D eigenvalue weighted by atomic mass is 10.2. The van der Waals surface area contributed by atoms with Gasteiger partial charge >= 0.3 is 0 Å². The van der Waals surface area contributed by atoms with Gasteiger partial charge < -0.3 is 14.4 Å². The summed E-state index contributed by atoms with van der Waals surface area (Å²) in [5, 5.41) is 3.18. The molecule has 0 spiro atoms. The summed E-state index contributed by atoms with van der Waals surface area (Å²) in [4.78, 5) is 21.4. The van der Waals surface area contributed by atoms with Crippen LogP contribution in [0, 0.1) is 0 Å². The van der Waals surface area contributed by atoms with Gasteiger partial charge in [-0.15, -0.1) is 11.3 Å². The number of carbonyl (C=O) groups excluding carboxylic acids is 1. The van der Waals surface area contributed by atoms with Crippen LogP contribution in [0.1, 0.15) is 13.0 Å². The molecule has 1 N–H and O–H groups in total. The van der Waals surface area contributed by atoms with E-state index in [-0.39, 0.29) is 16.8 Å². The highest BCUT2D eigenvalue weighted by Crippen LogP contribution is 2.24. The van der Waals surface area contributed by atoms with E-state index in [9.17, 15) is 13.2 Å². The fourth-order valence-electron chi connectivity index (χ4n) is 4.29. The minimum atomic E-state index is -3.67. The Hall–Kier alpha value is -3.37. The third-order valence-corrected chi connectivity index (χ3v) is 8.33. The summed E-state index contributed by atoms with van der Waals surface area (Å²) in [6.07, 6.45) is 3.53. The van der Waals surface area contributed by atoms with E-state index in [0.717, 1.165) is 16.6 Å². The Morgan fingerprint density at radius 3 is 2.47 bits per heavy atom. The van der Waals surface area contributed by atoms with Crippen LogP contribution in [0.5, 0.6) is 0 Å². The first-order valence-corrected chi connectivity index (χ1v) is 13.4. The number of aromatic nitrogens is 2. The lowest BCUT2D eigenvalue weighted by Crippen LogP contribution is -2.50. The van der Waals surface area contributed by atoms with Crippen molar-refractivity contribution in [1.29, 1.82) is 0 Å². The number of benzene rings is 2. The fourth-order valence-corrected chi connectivity index (χ4v) is 6.08. The number of nitrogens with zero attached hydrogens (tertiary/aromatic N) is 4. The number of amides is 1. The molecule has 1 saturated heterocycles. The summed E-state index contributed by atoms with van der Waals surface area (Å²) in [6, 6.07) is 16.6. The second-order valence-electron chi connectivity index (χ2n) is 8.21. The van der Waals surface area contributed by atoms with Gasteiger partial charge in [0, 0.05) is 55.2 Å². The number of anilines is 2. The monoisotopic (exact) mass is 495 g/mol. The molecule has 3 heterocycles. The number of thiazole rings is 1. The standard InChI is InChI=1S/C24H25N5O3S2/c1-18(29-12-10-19-4-2-3-5-22(19)29)23(30)28-15-13-27(14-16-28)20-6-8-21(9-7-20)34(31,32)26-24-25-11-17-33-24/h2-12,17-18H,13-16H2,1H3,(H,25,26). The molecule has 0 aliphatic carbocycles. The van der Waals surface area contributed by atoms with Gasteiger partial charge in [0.1, 0.15) is 6.04 Å². The van der Waals surface area contributed by atoms with Crippen LogP contribution in [0.4, 0.5) is 10.8 Å². The maximum absolute atomic E-state index is 13.2. The first-order valence-electron chi connectivity index (χ1n) is 11.0. The van der Waals surface area contributed by atoms with Crippen LogP contribution in [0.15, 0.2) is 77.3 Å².